The number of quaternary nitrogens is 1. The van der Waals surface area contributed by atoms with E-state index in [2.05, 4.69) is 5.32 Å². The smallest absolute Gasteiger partial charge is 0.314 e. The number of amides is 1. The second-order valence-corrected chi connectivity index (χ2v) is 6.55. The summed E-state index contributed by atoms with van der Waals surface area (Å²) in [6.45, 7) is 4.00. The molecule has 0 aromatic heterocycles. The number of carbonyl (C=O) groups is 2. The molecule has 1 aromatic rings. The van der Waals surface area contributed by atoms with Crippen LogP contribution in [0.15, 0.2) is 18.2 Å². The zero-order chi connectivity index (χ0) is 16.8. The number of piperidine rings is 1. The highest BCUT2D eigenvalue weighted by atomic mass is 35.5. The lowest BCUT2D eigenvalue weighted by molar-refractivity contribution is -0.899. The van der Waals surface area contributed by atoms with Crippen LogP contribution in [0.2, 0.25) is 10.0 Å². The van der Waals surface area contributed by atoms with Gasteiger partial charge in [0.15, 0.2) is 6.54 Å². The first kappa shape index (κ1) is 18.0. The van der Waals surface area contributed by atoms with Gasteiger partial charge in [0.1, 0.15) is 5.92 Å². The molecule has 2 atom stereocenters. The van der Waals surface area contributed by atoms with Crippen molar-refractivity contribution in [2.24, 2.45) is 5.92 Å². The molecule has 1 fully saturated rings. The van der Waals surface area contributed by atoms with Crippen molar-refractivity contribution in [3.8, 4) is 0 Å². The zero-order valence-electron chi connectivity index (χ0n) is 13.0. The lowest BCUT2D eigenvalue weighted by atomic mass is 9.98. The summed E-state index contributed by atoms with van der Waals surface area (Å²) in [5.41, 5.74) is 0.575. The average Bonchev–Trinajstić information content (AvgIpc) is 2.46. The Hall–Kier alpha value is -1.30. The standard InChI is InChI=1S/C16H20Cl2N2O3/c1-2-23-16(22)11-4-3-5-20(9-11)10-15(21)19-14-7-12(17)6-13(18)8-14/h6-8,11H,2-5,9-10H2,1H3,(H,19,21)/p+1/t11-/m1/s1. The average molecular weight is 360 g/mol. The first-order chi connectivity index (χ1) is 11.0. The third-order valence-electron chi connectivity index (χ3n) is 3.79. The SMILES string of the molecule is CCOC(=O)[C@@H]1CCC[NH+](CC(=O)Nc2cc(Cl)cc(Cl)c2)C1. The number of esters is 1. The number of benzene rings is 1. The van der Waals surface area contributed by atoms with Crippen molar-refractivity contribution in [2.75, 3.05) is 31.6 Å². The number of anilines is 1. The summed E-state index contributed by atoms with van der Waals surface area (Å²) in [5.74, 6) is -0.401. The van der Waals surface area contributed by atoms with Crippen molar-refractivity contribution in [2.45, 2.75) is 19.8 Å². The summed E-state index contributed by atoms with van der Waals surface area (Å²) < 4.78 is 5.07. The quantitative estimate of drug-likeness (QED) is 0.788. The topological polar surface area (TPSA) is 59.8 Å². The molecule has 1 unspecified atom stereocenters. The van der Waals surface area contributed by atoms with Gasteiger partial charge in [0.25, 0.3) is 5.91 Å². The fraction of sp³-hybridized carbons (Fsp3) is 0.500. The number of ether oxygens (including phenoxy) is 1. The molecule has 0 radical (unpaired) electrons. The van der Waals surface area contributed by atoms with Crippen LogP contribution in [-0.4, -0.2) is 38.1 Å². The van der Waals surface area contributed by atoms with Crippen molar-refractivity contribution in [3.05, 3.63) is 28.2 Å². The van der Waals surface area contributed by atoms with E-state index in [1.807, 2.05) is 0 Å². The van der Waals surface area contributed by atoms with E-state index >= 15 is 0 Å². The summed E-state index contributed by atoms with van der Waals surface area (Å²) in [4.78, 5) is 25.1. The van der Waals surface area contributed by atoms with Crippen LogP contribution < -0.4 is 10.2 Å². The van der Waals surface area contributed by atoms with Crippen LogP contribution in [0, 0.1) is 5.92 Å². The van der Waals surface area contributed by atoms with Crippen LogP contribution in [0.5, 0.6) is 0 Å². The van der Waals surface area contributed by atoms with Gasteiger partial charge in [-0.25, -0.2) is 0 Å². The van der Waals surface area contributed by atoms with Gasteiger partial charge in [0.2, 0.25) is 0 Å². The Labute approximate surface area is 145 Å². The first-order valence-electron chi connectivity index (χ1n) is 7.74. The molecule has 1 saturated heterocycles. The van der Waals surface area contributed by atoms with Crippen molar-refractivity contribution >= 4 is 40.8 Å². The van der Waals surface area contributed by atoms with Gasteiger partial charge in [-0.2, -0.15) is 0 Å². The number of rotatable bonds is 5. The molecule has 0 aliphatic carbocycles. The Morgan fingerprint density at radius 2 is 2.00 bits per heavy atom. The number of halogens is 2. The Balaban J connectivity index is 1.88. The molecule has 5 nitrogen and oxygen atoms in total. The first-order valence-corrected chi connectivity index (χ1v) is 8.49. The molecule has 1 heterocycles. The third-order valence-corrected chi connectivity index (χ3v) is 4.23. The minimum Gasteiger partial charge on any atom is -0.466 e. The van der Waals surface area contributed by atoms with Gasteiger partial charge in [-0.15, -0.1) is 0 Å². The molecule has 0 spiro atoms. The number of likely N-dealkylation sites (tertiary alicyclic amines) is 1. The normalized spacial score (nSPS) is 20.8. The second kappa shape index (κ2) is 8.52. The van der Waals surface area contributed by atoms with Gasteiger partial charge >= 0.3 is 5.97 Å². The largest absolute Gasteiger partial charge is 0.466 e. The summed E-state index contributed by atoms with van der Waals surface area (Å²) >= 11 is 11.8. The van der Waals surface area contributed by atoms with Gasteiger partial charge in [-0.1, -0.05) is 23.2 Å². The highest BCUT2D eigenvalue weighted by Gasteiger charge is 2.30. The molecule has 0 bridgehead atoms. The summed E-state index contributed by atoms with van der Waals surface area (Å²) in [5, 5.41) is 3.74. The zero-order valence-corrected chi connectivity index (χ0v) is 14.5. The molecule has 0 saturated carbocycles. The van der Waals surface area contributed by atoms with Crippen LogP contribution >= 0.6 is 23.2 Å². The Morgan fingerprint density at radius 3 is 2.65 bits per heavy atom. The van der Waals surface area contributed by atoms with Gasteiger partial charge in [-0.3, -0.25) is 9.59 Å². The summed E-state index contributed by atoms with van der Waals surface area (Å²) in [6.07, 6.45) is 1.74. The van der Waals surface area contributed by atoms with Gasteiger partial charge < -0.3 is 15.0 Å². The number of hydrogen-bond donors (Lipinski definition) is 2. The van der Waals surface area contributed by atoms with Crippen molar-refractivity contribution < 1.29 is 19.2 Å². The van der Waals surface area contributed by atoms with E-state index in [0.717, 1.165) is 24.3 Å². The molecule has 126 valence electrons. The molecule has 1 aromatic carbocycles. The van der Waals surface area contributed by atoms with E-state index in [1.165, 1.54) is 0 Å². The Bertz CT molecular complexity index is 560. The van der Waals surface area contributed by atoms with Crippen LogP contribution in [-0.2, 0) is 14.3 Å². The summed E-state index contributed by atoms with van der Waals surface area (Å²) in [7, 11) is 0. The Kier molecular flexibility index (Phi) is 6.69. The fourth-order valence-corrected chi connectivity index (χ4v) is 3.36. The maximum Gasteiger partial charge on any atom is 0.314 e. The van der Waals surface area contributed by atoms with E-state index in [1.54, 1.807) is 25.1 Å². The van der Waals surface area contributed by atoms with E-state index in [0.29, 0.717) is 35.4 Å². The molecule has 2 N–H and O–H groups in total. The molecule has 1 aliphatic rings. The second-order valence-electron chi connectivity index (χ2n) is 5.68. The summed E-state index contributed by atoms with van der Waals surface area (Å²) in [6, 6.07) is 4.91. The number of hydrogen-bond acceptors (Lipinski definition) is 3. The Morgan fingerprint density at radius 1 is 1.30 bits per heavy atom. The molecular weight excluding hydrogens is 339 g/mol. The highest BCUT2D eigenvalue weighted by Crippen LogP contribution is 2.22. The number of carbonyl (C=O) groups excluding carboxylic acids is 2. The van der Waals surface area contributed by atoms with E-state index < -0.39 is 0 Å². The predicted molar refractivity (Wildman–Crippen MR) is 90.0 cm³/mol. The highest BCUT2D eigenvalue weighted by molar-refractivity contribution is 6.35. The van der Waals surface area contributed by atoms with Crippen LogP contribution in [0.1, 0.15) is 19.8 Å². The van der Waals surface area contributed by atoms with Crippen LogP contribution in [0.4, 0.5) is 5.69 Å². The van der Waals surface area contributed by atoms with Crippen molar-refractivity contribution in [1.82, 2.24) is 0 Å². The maximum atomic E-state index is 12.2. The minimum atomic E-state index is -0.160. The van der Waals surface area contributed by atoms with Crippen LogP contribution in [0.25, 0.3) is 0 Å². The van der Waals surface area contributed by atoms with Crippen molar-refractivity contribution in [3.63, 3.8) is 0 Å². The van der Waals surface area contributed by atoms with Gasteiger partial charge in [0, 0.05) is 15.7 Å². The monoisotopic (exact) mass is 359 g/mol. The van der Waals surface area contributed by atoms with Gasteiger partial charge in [-0.05, 0) is 38.0 Å². The predicted octanol–water partition coefficient (Wildman–Crippen LogP) is 1.79. The van der Waals surface area contributed by atoms with Gasteiger partial charge in [0.05, 0.1) is 19.7 Å². The maximum absolute atomic E-state index is 12.2. The minimum absolute atomic E-state index is 0.118. The lowest BCUT2D eigenvalue weighted by Crippen LogP contribution is -3.14. The van der Waals surface area contributed by atoms with Crippen molar-refractivity contribution in [1.29, 1.82) is 0 Å². The molecule has 1 amide bonds. The molecule has 1 aliphatic heterocycles. The third kappa shape index (κ3) is 5.68. The van der Waals surface area contributed by atoms with Crippen LogP contribution in [0.3, 0.4) is 0 Å². The van der Waals surface area contributed by atoms with E-state index in [-0.39, 0.29) is 17.8 Å². The molecule has 7 heteroatoms. The lowest BCUT2D eigenvalue weighted by Gasteiger charge is -2.28. The molecule has 2 rings (SSSR count). The van der Waals surface area contributed by atoms with E-state index in [4.69, 9.17) is 27.9 Å². The fourth-order valence-electron chi connectivity index (χ4n) is 2.83. The molecular formula is C16H21Cl2N2O3+. The van der Waals surface area contributed by atoms with E-state index in [9.17, 15) is 9.59 Å². The number of nitrogens with one attached hydrogen (secondary N) is 2. The molecule has 23 heavy (non-hydrogen) atoms.